The van der Waals surface area contributed by atoms with Crippen LogP contribution in [0, 0.1) is 5.41 Å². The molecule has 1 aromatic heterocycles. The van der Waals surface area contributed by atoms with Crippen molar-refractivity contribution in [3.63, 3.8) is 0 Å². The molecule has 3 rings (SSSR count). The molecule has 180 valence electrons. The van der Waals surface area contributed by atoms with Crippen molar-refractivity contribution in [1.29, 1.82) is 0 Å². The van der Waals surface area contributed by atoms with E-state index in [0.717, 1.165) is 16.5 Å². The van der Waals surface area contributed by atoms with E-state index in [-0.39, 0.29) is 18.1 Å². The lowest BCUT2D eigenvalue weighted by molar-refractivity contribution is -0.611. The maximum Gasteiger partial charge on any atom is 0.408 e. The molecule has 0 saturated heterocycles. The number of alkyl carbamates (subject to hydrolysis) is 1. The molecule has 3 aromatic rings. The van der Waals surface area contributed by atoms with Crippen LogP contribution in [0.3, 0.4) is 0 Å². The van der Waals surface area contributed by atoms with E-state index >= 15 is 0 Å². The Morgan fingerprint density at radius 1 is 1.03 bits per heavy atom. The van der Waals surface area contributed by atoms with Crippen LogP contribution in [-0.2, 0) is 26.4 Å². The number of rotatable bonds is 7. The summed E-state index contributed by atoms with van der Waals surface area (Å²) >= 11 is 0. The van der Waals surface area contributed by atoms with Gasteiger partial charge in [-0.05, 0) is 55.0 Å². The highest BCUT2D eigenvalue weighted by molar-refractivity contribution is 5.89. The lowest BCUT2D eigenvalue weighted by atomic mass is 9.75. The van der Waals surface area contributed by atoms with Gasteiger partial charge >= 0.3 is 12.1 Å². The standard InChI is InChI=1S/C27H33N3O4/c1-19(2)34-24(31)27(18-26(3,4)5,29-25(32)33-17-20-10-7-6-8-11-20)22-13-14-23-21(16-22)12-9-15-30(23)28/h6-16,19H,17-18,28H2,1-5H3/p+1. The van der Waals surface area contributed by atoms with Gasteiger partial charge < -0.3 is 14.8 Å². The molecule has 0 radical (unpaired) electrons. The van der Waals surface area contributed by atoms with E-state index in [9.17, 15) is 9.59 Å². The number of nitrogens with one attached hydrogen (secondary N) is 1. The molecule has 0 aliphatic rings. The van der Waals surface area contributed by atoms with E-state index in [0.29, 0.717) is 12.0 Å². The zero-order valence-electron chi connectivity index (χ0n) is 20.5. The van der Waals surface area contributed by atoms with Crippen molar-refractivity contribution in [2.24, 2.45) is 5.41 Å². The summed E-state index contributed by atoms with van der Waals surface area (Å²) in [7, 11) is 0. The van der Waals surface area contributed by atoms with E-state index in [1.807, 2.05) is 75.4 Å². The van der Waals surface area contributed by atoms with Crippen molar-refractivity contribution in [3.05, 3.63) is 78.0 Å². The number of nitrogens with two attached hydrogens (primary N) is 1. The first kappa shape index (κ1) is 25.0. The molecule has 0 saturated carbocycles. The SMILES string of the molecule is CC(C)OC(=O)C(CC(C)(C)C)(NC(=O)OCc1ccccc1)c1ccc2c(ccc[n+]2N)c1. The molecule has 0 bridgehead atoms. The van der Waals surface area contributed by atoms with Gasteiger partial charge in [-0.25, -0.2) is 15.4 Å². The second-order valence-corrected chi connectivity index (χ2v) is 9.97. The molecule has 34 heavy (non-hydrogen) atoms. The Bertz CT molecular complexity index is 1160. The van der Waals surface area contributed by atoms with Gasteiger partial charge in [-0.3, -0.25) is 0 Å². The number of ether oxygens (including phenoxy) is 2. The number of esters is 1. The van der Waals surface area contributed by atoms with E-state index < -0.39 is 17.6 Å². The molecule has 0 fully saturated rings. The minimum atomic E-state index is -1.46. The summed E-state index contributed by atoms with van der Waals surface area (Å²) in [4.78, 5) is 26.7. The molecular weight excluding hydrogens is 430 g/mol. The quantitative estimate of drug-likeness (QED) is 0.308. The van der Waals surface area contributed by atoms with Crippen LogP contribution in [0.5, 0.6) is 0 Å². The van der Waals surface area contributed by atoms with Crippen LogP contribution in [0.2, 0.25) is 0 Å². The molecular formula is C27H34N3O4+. The van der Waals surface area contributed by atoms with Gasteiger partial charge in [0.1, 0.15) is 6.61 Å². The van der Waals surface area contributed by atoms with Crippen LogP contribution >= 0.6 is 0 Å². The van der Waals surface area contributed by atoms with Crippen LogP contribution < -0.4 is 15.8 Å². The summed E-state index contributed by atoms with van der Waals surface area (Å²) in [5.41, 5.74) is 0.451. The summed E-state index contributed by atoms with van der Waals surface area (Å²) in [5.74, 6) is 5.52. The first-order chi connectivity index (χ1) is 16.0. The number of pyridine rings is 1. The third kappa shape index (κ3) is 6.04. The number of carbonyl (C=O) groups is 2. The van der Waals surface area contributed by atoms with E-state index in [1.54, 1.807) is 26.1 Å². The van der Waals surface area contributed by atoms with Crippen molar-refractivity contribution < 1.29 is 23.7 Å². The van der Waals surface area contributed by atoms with E-state index in [1.165, 1.54) is 4.68 Å². The maximum absolute atomic E-state index is 13.6. The smallest absolute Gasteiger partial charge is 0.408 e. The minimum Gasteiger partial charge on any atom is -0.461 e. The highest BCUT2D eigenvalue weighted by atomic mass is 16.6. The number of fused-ring (bicyclic) bond motifs is 1. The fourth-order valence-corrected chi connectivity index (χ4v) is 4.01. The molecule has 7 heteroatoms. The van der Waals surface area contributed by atoms with Gasteiger partial charge in [0, 0.05) is 17.5 Å². The first-order valence-electron chi connectivity index (χ1n) is 11.4. The number of nitrogen functional groups attached to an aromatic ring is 1. The fourth-order valence-electron chi connectivity index (χ4n) is 4.01. The molecule has 0 spiro atoms. The van der Waals surface area contributed by atoms with Crippen molar-refractivity contribution in [3.8, 4) is 0 Å². The van der Waals surface area contributed by atoms with Crippen molar-refractivity contribution in [1.82, 2.24) is 5.32 Å². The maximum atomic E-state index is 13.6. The van der Waals surface area contributed by atoms with Gasteiger partial charge in [-0.1, -0.05) is 55.8 Å². The van der Waals surface area contributed by atoms with Gasteiger partial charge in [0.15, 0.2) is 11.7 Å². The van der Waals surface area contributed by atoms with Gasteiger partial charge in [0.2, 0.25) is 5.52 Å². The third-order valence-corrected chi connectivity index (χ3v) is 5.34. The van der Waals surface area contributed by atoms with Crippen LogP contribution in [0.4, 0.5) is 4.79 Å². The van der Waals surface area contributed by atoms with Crippen molar-refractivity contribution in [2.75, 3.05) is 5.84 Å². The molecule has 2 aromatic carbocycles. The van der Waals surface area contributed by atoms with E-state index in [4.69, 9.17) is 15.3 Å². The number of benzene rings is 2. The number of hydrogen-bond donors (Lipinski definition) is 2. The summed E-state index contributed by atoms with van der Waals surface area (Å²) in [6.07, 6.45) is 0.986. The first-order valence-corrected chi connectivity index (χ1v) is 11.4. The highest BCUT2D eigenvalue weighted by Gasteiger charge is 2.47. The van der Waals surface area contributed by atoms with Gasteiger partial charge in [-0.15, -0.1) is 0 Å². The van der Waals surface area contributed by atoms with Crippen molar-refractivity contribution >= 4 is 23.0 Å². The van der Waals surface area contributed by atoms with Gasteiger partial charge in [0.25, 0.3) is 0 Å². The normalized spacial score (nSPS) is 13.4. The molecule has 7 nitrogen and oxygen atoms in total. The number of hydrogen-bond acceptors (Lipinski definition) is 5. The van der Waals surface area contributed by atoms with Gasteiger partial charge in [0.05, 0.1) is 6.10 Å². The fraction of sp³-hybridized carbons (Fsp3) is 0.370. The molecule has 1 heterocycles. The summed E-state index contributed by atoms with van der Waals surface area (Å²) in [6.45, 7) is 9.68. The monoisotopic (exact) mass is 464 g/mol. The predicted octanol–water partition coefficient (Wildman–Crippen LogP) is 4.35. The Morgan fingerprint density at radius 2 is 1.74 bits per heavy atom. The molecule has 1 amide bonds. The third-order valence-electron chi connectivity index (χ3n) is 5.34. The Morgan fingerprint density at radius 3 is 2.38 bits per heavy atom. The molecule has 3 N–H and O–H groups in total. The molecule has 1 atom stereocenters. The lowest BCUT2D eigenvalue weighted by Crippen LogP contribution is -2.55. The van der Waals surface area contributed by atoms with Crippen molar-refractivity contribution in [2.45, 2.75) is 59.3 Å². The van der Waals surface area contributed by atoms with Crippen LogP contribution in [-0.4, -0.2) is 18.2 Å². The van der Waals surface area contributed by atoms with Crippen LogP contribution in [0.1, 0.15) is 52.2 Å². The topological polar surface area (TPSA) is 94.5 Å². The zero-order valence-corrected chi connectivity index (χ0v) is 20.5. The predicted molar refractivity (Wildman–Crippen MR) is 131 cm³/mol. The Balaban J connectivity index is 2.05. The summed E-state index contributed by atoms with van der Waals surface area (Å²) < 4.78 is 12.7. The Hall–Kier alpha value is -3.61. The number of aromatic nitrogens is 1. The second kappa shape index (κ2) is 10.1. The molecule has 0 aliphatic carbocycles. The van der Waals surface area contributed by atoms with Gasteiger partial charge in [-0.2, -0.15) is 0 Å². The summed E-state index contributed by atoms with van der Waals surface area (Å²) in [5, 5.41) is 3.72. The van der Waals surface area contributed by atoms with Crippen LogP contribution in [0.25, 0.3) is 10.9 Å². The average molecular weight is 465 g/mol. The largest absolute Gasteiger partial charge is 0.461 e. The number of nitrogens with zero attached hydrogens (tertiary/aromatic N) is 1. The number of amides is 1. The molecule has 1 unspecified atom stereocenters. The highest BCUT2D eigenvalue weighted by Crippen LogP contribution is 2.37. The lowest BCUT2D eigenvalue weighted by Gasteiger charge is -2.38. The van der Waals surface area contributed by atoms with Crippen LogP contribution in [0.15, 0.2) is 66.9 Å². The Kier molecular flexibility index (Phi) is 7.44. The second-order valence-electron chi connectivity index (χ2n) is 9.97. The Labute approximate surface area is 200 Å². The zero-order chi connectivity index (χ0) is 24.9. The number of carbonyl (C=O) groups excluding carboxylic acids is 2. The molecule has 0 aliphatic heterocycles. The van der Waals surface area contributed by atoms with E-state index in [2.05, 4.69) is 5.32 Å². The average Bonchev–Trinajstić information content (AvgIpc) is 2.76. The summed E-state index contributed by atoms with van der Waals surface area (Å²) in [6, 6.07) is 18.6. The minimum absolute atomic E-state index is 0.0857.